The van der Waals surface area contributed by atoms with Gasteiger partial charge < -0.3 is 25.2 Å². The highest BCUT2D eigenvalue weighted by molar-refractivity contribution is 6.03. The van der Waals surface area contributed by atoms with Crippen LogP contribution in [0.5, 0.6) is 11.5 Å². The van der Waals surface area contributed by atoms with Crippen LogP contribution in [-0.4, -0.2) is 46.9 Å². The van der Waals surface area contributed by atoms with Gasteiger partial charge in [0.05, 0.1) is 32.4 Å². The zero-order chi connectivity index (χ0) is 22.8. The molecule has 0 unspecified atom stereocenters. The van der Waals surface area contributed by atoms with E-state index in [4.69, 9.17) is 14.6 Å². The van der Waals surface area contributed by atoms with E-state index in [1.807, 2.05) is 0 Å². The van der Waals surface area contributed by atoms with Gasteiger partial charge in [0, 0.05) is 11.3 Å². The third-order valence-corrected chi connectivity index (χ3v) is 5.10. The Morgan fingerprint density at radius 2 is 1.94 bits per heavy atom. The number of nitrogens with zero attached hydrogens (tertiary/aromatic N) is 2. The molecule has 1 aliphatic heterocycles. The first kappa shape index (κ1) is 20.9. The zero-order valence-corrected chi connectivity index (χ0v) is 17.3. The number of ether oxygens (including phenoxy) is 2. The van der Waals surface area contributed by atoms with Gasteiger partial charge in [0.15, 0.2) is 11.5 Å². The third-order valence-electron chi connectivity index (χ3n) is 5.10. The van der Waals surface area contributed by atoms with Crippen molar-refractivity contribution < 1.29 is 29.0 Å². The van der Waals surface area contributed by atoms with Crippen LogP contribution in [0.4, 0.5) is 11.5 Å². The van der Waals surface area contributed by atoms with Gasteiger partial charge in [0.1, 0.15) is 11.9 Å². The molecule has 10 heteroatoms. The Balaban J connectivity index is 1.66. The molecule has 10 nitrogen and oxygen atoms in total. The maximum atomic E-state index is 13.0. The molecule has 0 aliphatic carbocycles. The summed E-state index contributed by atoms with van der Waals surface area (Å²) in [5.41, 5.74) is 1.69. The van der Waals surface area contributed by atoms with Crippen molar-refractivity contribution in [2.24, 2.45) is 0 Å². The molecular weight excluding hydrogens is 416 g/mol. The molecule has 0 saturated carbocycles. The number of benzene rings is 2. The van der Waals surface area contributed by atoms with Crippen LogP contribution in [0, 0.1) is 0 Å². The molecular formula is C22H20N4O6. The number of carbonyl (C=O) groups excluding carboxylic acids is 2. The van der Waals surface area contributed by atoms with Crippen molar-refractivity contribution in [1.29, 1.82) is 0 Å². The van der Waals surface area contributed by atoms with Crippen LogP contribution in [0.25, 0.3) is 11.1 Å². The van der Waals surface area contributed by atoms with Gasteiger partial charge in [-0.1, -0.05) is 12.1 Å². The van der Waals surface area contributed by atoms with Crippen LogP contribution in [-0.2, 0) is 9.59 Å². The molecule has 164 valence electrons. The molecule has 4 rings (SSSR count). The normalized spacial score (nSPS) is 14.8. The molecule has 1 aromatic heterocycles. The van der Waals surface area contributed by atoms with Crippen molar-refractivity contribution >= 4 is 29.3 Å². The predicted octanol–water partition coefficient (Wildman–Crippen LogP) is 2.79. The van der Waals surface area contributed by atoms with Gasteiger partial charge in [0.2, 0.25) is 11.8 Å². The minimum atomic E-state index is -1.10. The predicted molar refractivity (Wildman–Crippen MR) is 115 cm³/mol. The van der Waals surface area contributed by atoms with E-state index in [0.717, 1.165) is 5.56 Å². The van der Waals surface area contributed by atoms with Crippen LogP contribution in [0.3, 0.4) is 0 Å². The van der Waals surface area contributed by atoms with Crippen LogP contribution in [0.2, 0.25) is 0 Å². The summed E-state index contributed by atoms with van der Waals surface area (Å²) in [7, 11) is 3.06. The van der Waals surface area contributed by atoms with Crippen molar-refractivity contribution in [3.05, 3.63) is 54.2 Å². The Labute approximate surface area is 182 Å². The lowest BCUT2D eigenvalue weighted by Crippen LogP contribution is -2.35. The highest BCUT2D eigenvalue weighted by Crippen LogP contribution is 2.38. The number of hydrogen-bond donors (Lipinski definition) is 3. The van der Waals surface area contributed by atoms with Gasteiger partial charge >= 0.3 is 5.97 Å². The zero-order valence-electron chi connectivity index (χ0n) is 17.3. The Morgan fingerprint density at radius 3 is 2.66 bits per heavy atom. The molecule has 2 heterocycles. The molecule has 3 aromatic rings. The number of aromatic nitrogens is 2. The van der Waals surface area contributed by atoms with E-state index < -0.39 is 17.9 Å². The monoisotopic (exact) mass is 436 g/mol. The Hall–Kier alpha value is -4.34. The Kier molecular flexibility index (Phi) is 5.50. The SMILES string of the molecule is COc1ccc(-c2cnn3c2NC(=O)C[C@H]3C(=O)Nc2cccc(C(=O)O)c2)cc1OC. The molecule has 3 N–H and O–H groups in total. The van der Waals surface area contributed by atoms with Crippen LogP contribution >= 0.6 is 0 Å². The second-order valence-corrected chi connectivity index (χ2v) is 7.06. The molecule has 1 aliphatic rings. The molecule has 0 fully saturated rings. The largest absolute Gasteiger partial charge is 0.493 e. The second-order valence-electron chi connectivity index (χ2n) is 7.06. The van der Waals surface area contributed by atoms with Crippen molar-refractivity contribution in [1.82, 2.24) is 9.78 Å². The number of hydrogen-bond acceptors (Lipinski definition) is 6. The summed E-state index contributed by atoms with van der Waals surface area (Å²) in [4.78, 5) is 36.5. The van der Waals surface area contributed by atoms with E-state index >= 15 is 0 Å². The maximum Gasteiger partial charge on any atom is 0.335 e. The van der Waals surface area contributed by atoms with E-state index in [1.165, 1.54) is 37.1 Å². The van der Waals surface area contributed by atoms with Gasteiger partial charge in [0.25, 0.3) is 0 Å². The van der Waals surface area contributed by atoms with Gasteiger partial charge in [-0.25, -0.2) is 9.48 Å². The Bertz CT molecular complexity index is 1220. The van der Waals surface area contributed by atoms with E-state index in [9.17, 15) is 14.4 Å². The molecule has 0 spiro atoms. The van der Waals surface area contributed by atoms with Crippen LogP contribution in [0.1, 0.15) is 22.8 Å². The van der Waals surface area contributed by atoms with Crippen molar-refractivity contribution in [3.8, 4) is 22.6 Å². The lowest BCUT2D eigenvalue weighted by molar-refractivity contribution is -0.125. The first-order valence-corrected chi connectivity index (χ1v) is 9.65. The lowest BCUT2D eigenvalue weighted by Gasteiger charge is -2.24. The number of anilines is 2. The van der Waals surface area contributed by atoms with Gasteiger partial charge in [-0.15, -0.1) is 0 Å². The summed E-state index contributed by atoms with van der Waals surface area (Å²) >= 11 is 0. The molecule has 0 saturated heterocycles. The third kappa shape index (κ3) is 3.85. The maximum absolute atomic E-state index is 13.0. The molecule has 0 bridgehead atoms. The fourth-order valence-corrected chi connectivity index (χ4v) is 3.54. The number of carboxylic acids is 1. The second kappa shape index (κ2) is 8.42. The standard InChI is InChI=1S/C22H20N4O6/c1-31-17-7-6-12(9-18(17)32-2)15-11-23-26-16(10-19(27)25-20(15)26)21(28)24-14-5-3-4-13(8-14)22(29)30/h3-9,11,16H,10H2,1-2H3,(H,24,28)(H,25,27)(H,29,30)/t16-/m0/s1. The average Bonchev–Trinajstić information content (AvgIpc) is 3.21. The smallest absolute Gasteiger partial charge is 0.335 e. The number of fused-ring (bicyclic) bond motifs is 1. The summed E-state index contributed by atoms with van der Waals surface area (Å²) in [5, 5.41) is 18.9. The van der Waals surface area contributed by atoms with Gasteiger partial charge in [-0.05, 0) is 35.9 Å². The highest BCUT2D eigenvalue weighted by atomic mass is 16.5. The average molecular weight is 436 g/mol. The van der Waals surface area contributed by atoms with Crippen molar-refractivity contribution in [2.75, 3.05) is 24.9 Å². The van der Waals surface area contributed by atoms with Crippen molar-refractivity contribution in [3.63, 3.8) is 0 Å². The molecule has 1 atom stereocenters. The van der Waals surface area contributed by atoms with Crippen LogP contribution < -0.4 is 20.1 Å². The number of nitrogens with one attached hydrogen (secondary N) is 2. The number of carbonyl (C=O) groups is 3. The first-order valence-electron chi connectivity index (χ1n) is 9.65. The van der Waals surface area contributed by atoms with Crippen molar-refractivity contribution in [2.45, 2.75) is 12.5 Å². The summed E-state index contributed by atoms with van der Waals surface area (Å²) in [5.74, 6) is -0.466. The number of methoxy groups -OCH3 is 2. The molecule has 2 amide bonds. The summed E-state index contributed by atoms with van der Waals surface area (Å²) in [6.07, 6.45) is 1.46. The number of amides is 2. The lowest BCUT2D eigenvalue weighted by atomic mass is 10.1. The number of aromatic carboxylic acids is 1. The fraction of sp³-hybridized carbons (Fsp3) is 0.182. The Morgan fingerprint density at radius 1 is 1.16 bits per heavy atom. The van der Waals surface area contributed by atoms with Crippen LogP contribution in [0.15, 0.2) is 48.7 Å². The fourth-order valence-electron chi connectivity index (χ4n) is 3.54. The van der Waals surface area contributed by atoms with E-state index in [1.54, 1.807) is 30.5 Å². The van der Waals surface area contributed by atoms with Gasteiger partial charge in [-0.3, -0.25) is 9.59 Å². The molecule has 0 radical (unpaired) electrons. The highest BCUT2D eigenvalue weighted by Gasteiger charge is 2.33. The number of rotatable bonds is 6. The van der Waals surface area contributed by atoms with Gasteiger partial charge in [-0.2, -0.15) is 5.10 Å². The van der Waals surface area contributed by atoms with E-state index in [-0.39, 0.29) is 17.9 Å². The molecule has 2 aromatic carbocycles. The summed E-state index contributed by atoms with van der Waals surface area (Å²) in [6.45, 7) is 0. The minimum Gasteiger partial charge on any atom is -0.493 e. The summed E-state index contributed by atoms with van der Waals surface area (Å²) < 4.78 is 12.1. The minimum absolute atomic E-state index is 0.0414. The topological polar surface area (TPSA) is 132 Å². The number of carboxylic acid groups (broad SMARTS) is 1. The summed E-state index contributed by atoms with van der Waals surface area (Å²) in [6, 6.07) is 10.3. The first-order chi connectivity index (χ1) is 15.4. The molecule has 32 heavy (non-hydrogen) atoms. The van der Waals surface area contributed by atoms with E-state index in [0.29, 0.717) is 28.6 Å². The van der Waals surface area contributed by atoms with E-state index in [2.05, 4.69) is 15.7 Å². The quantitative estimate of drug-likeness (QED) is 0.541.